The number of nitrogens with one attached hydrogen (secondary N) is 2. The van der Waals surface area contributed by atoms with Crippen molar-refractivity contribution in [1.29, 1.82) is 0 Å². The quantitative estimate of drug-likeness (QED) is 0.300. The van der Waals surface area contributed by atoms with Gasteiger partial charge in [0.2, 0.25) is 5.91 Å². The number of hydrogen-bond donors (Lipinski definition) is 3. The van der Waals surface area contributed by atoms with Crippen LogP contribution in [0.2, 0.25) is 0 Å². The second kappa shape index (κ2) is 9.53. The van der Waals surface area contributed by atoms with Crippen LogP contribution in [0.3, 0.4) is 0 Å². The lowest BCUT2D eigenvalue weighted by molar-refractivity contribution is -0.376. The minimum atomic E-state index is -5.98. The van der Waals surface area contributed by atoms with Gasteiger partial charge in [-0.1, -0.05) is 18.2 Å². The third kappa shape index (κ3) is 5.13. The Morgan fingerprint density at radius 2 is 1.76 bits per heavy atom. The van der Waals surface area contributed by atoms with Gasteiger partial charge in [0.25, 0.3) is 5.60 Å². The summed E-state index contributed by atoms with van der Waals surface area (Å²) in [5.41, 5.74) is -4.80. The summed E-state index contributed by atoms with van der Waals surface area (Å²) >= 11 is 1.60. The van der Waals surface area contributed by atoms with Crippen molar-refractivity contribution in [2.45, 2.75) is 35.4 Å². The molecule has 0 aromatic heterocycles. The van der Waals surface area contributed by atoms with Crippen LogP contribution < -0.4 is 10.6 Å². The first kappa shape index (κ1) is 25.3. The van der Waals surface area contributed by atoms with Crippen molar-refractivity contribution >= 4 is 23.4 Å². The zero-order valence-corrected chi connectivity index (χ0v) is 18.0. The Balaban J connectivity index is 1.73. The lowest BCUT2D eigenvalue weighted by Gasteiger charge is -2.32. The van der Waals surface area contributed by atoms with Crippen LogP contribution in [-0.2, 0) is 21.7 Å². The molecular weight excluding hydrogens is 474 g/mol. The maximum atomic E-state index is 13.0. The molecule has 1 aliphatic rings. The van der Waals surface area contributed by atoms with E-state index in [0.29, 0.717) is 25.3 Å². The van der Waals surface area contributed by atoms with Gasteiger partial charge >= 0.3 is 12.4 Å². The van der Waals surface area contributed by atoms with Crippen LogP contribution in [0.1, 0.15) is 22.7 Å². The topological polar surface area (TPSA) is 70.6 Å². The maximum Gasteiger partial charge on any atom is 0.430 e. The molecule has 0 saturated heterocycles. The summed E-state index contributed by atoms with van der Waals surface area (Å²) in [6, 6.07) is 7.58. The molecule has 2 aromatic rings. The van der Waals surface area contributed by atoms with E-state index in [2.05, 4.69) is 10.6 Å². The number of fused-ring (bicyclic) bond motifs is 1. The van der Waals surface area contributed by atoms with E-state index >= 15 is 0 Å². The fourth-order valence-corrected chi connectivity index (χ4v) is 4.28. The summed E-state index contributed by atoms with van der Waals surface area (Å²) in [6.07, 6.45) is -12.0. The van der Waals surface area contributed by atoms with Gasteiger partial charge in [-0.25, -0.2) is 0 Å². The van der Waals surface area contributed by atoms with Gasteiger partial charge in [0.15, 0.2) is 0 Å². The summed E-state index contributed by atoms with van der Waals surface area (Å²) in [6.45, 7) is 1.02. The molecule has 1 heterocycles. The lowest BCUT2D eigenvalue weighted by atomic mass is 9.92. The van der Waals surface area contributed by atoms with E-state index in [4.69, 9.17) is 4.74 Å². The van der Waals surface area contributed by atoms with Gasteiger partial charge < -0.3 is 15.2 Å². The average Bonchev–Trinajstić information content (AvgIpc) is 3.16. The first-order valence-corrected chi connectivity index (χ1v) is 10.6. The Hall–Kier alpha value is -2.28. The number of benzene rings is 2. The van der Waals surface area contributed by atoms with E-state index in [1.165, 1.54) is 0 Å². The predicted octanol–water partition coefficient (Wildman–Crippen LogP) is 4.52. The molecule has 1 aliphatic heterocycles. The molecule has 1 atom stereocenters. The summed E-state index contributed by atoms with van der Waals surface area (Å²) in [5, 5.41) is 14.9. The standard InChI is InChI=1S/C21H20F6N2O3S/c1-32-8-9-33-15-6-7-16-12(10-15)11-28-17(16)18(30)29-14-4-2-13(3-5-14)19(31,20(22,23)24)21(25,26)27/h2-7,10,17,28,31H,8-9,11H2,1H3,(H,29,30). The minimum Gasteiger partial charge on any atom is -0.384 e. The number of amides is 1. The Bertz CT molecular complexity index is 981. The number of carbonyl (C=O) groups is 1. The highest BCUT2D eigenvalue weighted by atomic mass is 32.2. The van der Waals surface area contributed by atoms with Crippen molar-refractivity contribution in [1.82, 2.24) is 5.32 Å². The number of thioether (sulfide) groups is 1. The van der Waals surface area contributed by atoms with Gasteiger partial charge in [0.1, 0.15) is 6.04 Å². The molecule has 3 rings (SSSR count). The third-order valence-electron chi connectivity index (χ3n) is 5.13. The van der Waals surface area contributed by atoms with Gasteiger partial charge in [-0.3, -0.25) is 10.1 Å². The van der Waals surface area contributed by atoms with Crippen LogP contribution in [0.5, 0.6) is 0 Å². The first-order valence-electron chi connectivity index (χ1n) is 9.63. The van der Waals surface area contributed by atoms with Crippen LogP contribution in [0.15, 0.2) is 47.4 Å². The van der Waals surface area contributed by atoms with Gasteiger partial charge in [-0.2, -0.15) is 26.3 Å². The van der Waals surface area contributed by atoms with Crippen LogP contribution in [0, 0.1) is 0 Å². The summed E-state index contributed by atoms with van der Waals surface area (Å²) in [4.78, 5) is 13.7. The molecule has 0 aliphatic carbocycles. The minimum absolute atomic E-state index is 0.0163. The van der Waals surface area contributed by atoms with Gasteiger partial charge in [-0.05, 0) is 35.4 Å². The number of rotatable bonds is 7. The lowest BCUT2D eigenvalue weighted by Crippen LogP contribution is -2.53. The van der Waals surface area contributed by atoms with Crippen molar-refractivity contribution in [3.63, 3.8) is 0 Å². The fourth-order valence-electron chi connectivity index (χ4n) is 3.40. The predicted molar refractivity (Wildman–Crippen MR) is 110 cm³/mol. The van der Waals surface area contributed by atoms with Gasteiger partial charge in [0.05, 0.1) is 6.61 Å². The molecule has 1 amide bonds. The van der Waals surface area contributed by atoms with E-state index in [1.807, 2.05) is 12.1 Å². The smallest absolute Gasteiger partial charge is 0.384 e. The highest BCUT2D eigenvalue weighted by molar-refractivity contribution is 7.99. The van der Waals surface area contributed by atoms with Crippen LogP contribution in [0.25, 0.3) is 0 Å². The molecular formula is C21H20F6N2O3S. The molecule has 12 heteroatoms. The average molecular weight is 494 g/mol. The second-order valence-corrected chi connectivity index (χ2v) is 8.46. The molecule has 0 fully saturated rings. The largest absolute Gasteiger partial charge is 0.430 e. The van der Waals surface area contributed by atoms with Crippen molar-refractivity contribution in [2.24, 2.45) is 0 Å². The van der Waals surface area contributed by atoms with Gasteiger partial charge in [0, 0.05) is 35.6 Å². The number of carbonyl (C=O) groups excluding carboxylic acids is 1. The molecule has 0 saturated carbocycles. The number of ether oxygens (including phenoxy) is 1. The third-order valence-corrected chi connectivity index (χ3v) is 6.09. The van der Waals surface area contributed by atoms with E-state index in [9.17, 15) is 36.2 Å². The molecule has 1 unspecified atom stereocenters. The van der Waals surface area contributed by atoms with Crippen LogP contribution >= 0.6 is 11.8 Å². The molecule has 33 heavy (non-hydrogen) atoms. The highest BCUT2D eigenvalue weighted by Crippen LogP contribution is 2.50. The van der Waals surface area contributed by atoms with E-state index < -0.39 is 35.5 Å². The summed E-state index contributed by atoms with van der Waals surface area (Å²) in [7, 11) is 1.61. The summed E-state index contributed by atoms with van der Waals surface area (Å²) in [5.74, 6) is 0.239. The monoisotopic (exact) mass is 494 g/mol. The Kier molecular flexibility index (Phi) is 7.32. The Morgan fingerprint density at radius 1 is 1.12 bits per heavy atom. The van der Waals surface area contributed by atoms with Crippen molar-refractivity contribution < 1.29 is 41.0 Å². The van der Waals surface area contributed by atoms with Crippen molar-refractivity contribution in [3.05, 3.63) is 59.2 Å². The molecule has 0 radical (unpaired) electrons. The number of alkyl halides is 6. The highest BCUT2D eigenvalue weighted by Gasteiger charge is 2.71. The normalized spacial score (nSPS) is 16.5. The molecule has 0 spiro atoms. The zero-order valence-electron chi connectivity index (χ0n) is 17.2. The SMILES string of the molecule is COCCSc1ccc2c(c1)CNC2C(=O)Nc1ccc(C(O)(C(F)(F)F)C(F)(F)F)cc1. The number of methoxy groups -OCH3 is 1. The molecule has 0 bridgehead atoms. The summed E-state index contributed by atoms with van der Waals surface area (Å²) < 4.78 is 83.0. The fraction of sp³-hybridized carbons (Fsp3) is 0.381. The maximum absolute atomic E-state index is 13.0. The van der Waals surface area contributed by atoms with Crippen molar-refractivity contribution in [2.75, 3.05) is 24.8 Å². The van der Waals surface area contributed by atoms with Crippen molar-refractivity contribution in [3.8, 4) is 0 Å². The second-order valence-electron chi connectivity index (χ2n) is 7.29. The Labute approximate surface area is 189 Å². The molecule has 3 N–H and O–H groups in total. The molecule has 2 aromatic carbocycles. The number of hydrogen-bond acceptors (Lipinski definition) is 5. The van der Waals surface area contributed by atoms with E-state index in [0.717, 1.165) is 33.9 Å². The Morgan fingerprint density at radius 3 is 2.33 bits per heavy atom. The number of aliphatic hydroxyl groups is 1. The zero-order chi connectivity index (χ0) is 24.4. The van der Waals surface area contributed by atoms with Crippen LogP contribution in [-0.4, -0.2) is 42.8 Å². The van der Waals surface area contributed by atoms with Gasteiger partial charge in [-0.15, -0.1) is 11.8 Å². The molecule has 180 valence electrons. The van der Waals surface area contributed by atoms with E-state index in [1.54, 1.807) is 24.9 Å². The number of anilines is 1. The van der Waals surface area contributed by atoms with Crippen LogP contribution in [0.4, 0.5) is 32.0 Å². The number of halogens is 6. The molecule has 5 nitrogen and oxygen atoms in total. The first-order chi connectivity index (χ1) is 15.4. The van der Waals surface area contributed by atoms with E-state index in [-0.39, 0.29) is 5.69 Å².